The lowest BCUT2D eigenvalue weighted by molar-refractivity contribution is -0.122. The molecular weight excluding hydrogens is 348 g/mol. The summed E-state index contributed by atoms with van der Waals surface area (Å²) in [6.45, 7) is 2.74. The maximum Gasteiger partial charge on any atom is 0.255 e. The molecule has 3 aromatic carbocycles. The van der Waals surface area contributed by atoms with Gasteiger partial charge in [0.25, 0.3) is 5.91 Å². The van der Waals surface area contributed by atoms with Crippen LogP contribution in [0.1, 0.15) is 28.4 Å². The van der Waals surface area contributed by atoms with Crippen molar-refractivity contribution in [3.05, 3.63) is 102 Å². The van der Waals surface area contributed by atoms with Crippen molar-refractivity contribution in [3.8, 4) is 0 Å². The van der Waals surface area contributed by atoms with Crippen LogP contribution in [-0.2, 0) is 17.9 Å². The van der Waals surface area contributed by atoms with Gasteiger partial charge in [-0.2, -0.15) is 0 Å². The predicted octanol–water partition coefficient (Wildman–Crippen LogP) is 4.26. The fraction of sp³-hybridized carbons (Fsp3) is 0.167. The summed E-state index contributed by atoms with van der Waals surface area (Å²) in [7, 11) is 0. The number of benzene rings is 3. The number of anilines is 1. The molecule has 0 aromatic heterocycles. The lowest BCUT2D eigenvalue weighted by Crippen LogP contribution is -2.47. The molecule has 4 heteroatoms. The molecule has 0 N–H and O–H groups in total. The van der Waals surface area contributed by atoms with Gasteiger partial charge in [0.1, 0.15) is 6.04 Å². The average molecular weight is 370 g/mol. The highest BCUT2D eigenvalue weighted by Gasteiger charge is 2.35. The first kappa shape index (κ1) is 18.0. The molecule has 1 aliphatic rings. The number of amides is 2. The van der Waals surface area contributed by atoms with Gasteiger partial charge in [0.05, 0.1) is 6.54 Å². The van der Waals surface area contributed by atoms with E-state index in [1.807, 2.05) is 91.9 Å². The number of carbonyl (C=O) groups excluding carboxylic acids is 2. The van der Waals surface area contributed by atoms with E-state index in [9.17, 15) is 9.59 Å². The van der Waals surface area contributed by atoms with E-state index in [0.717, 1.165) is 16.8 Å². The zero-order valence-electron chi connectivity index (χ0n) is 15.8. The van der Waals surface area contributed by atoms with Gasteiger partial charge in [-0.3, -0.25) is 9.59 Å². The third-order valence-electron chi connectivity index (χ3n) is 5.19. The highest BCUT2D eigenvalue weighted by molar-refractivity contribution is 6.04. The molecule has 4 rings (SSSR count). The average Bonchev–Trinajstić information content (AvgIpc) is 3.09. The Hall–Kier alpha value is -3.40. The second kappa shape index (κ2) is 7.69. The van der Waals surface area contributed by atoms with E-state index < -0.39 is 6.04 Å². The third-order valence-corrected chi connectivity index (χ3v) is 5.19. The van der Waals surface area contributed by atoms with Gasteiger partial charge >= 0.3 is 0 Å². The van der Waals surface area contributed by atoms with Crippen LogP contribution in [0.4, 0.5) is 5.69 Å². The minimum atomic E-state index is -0.552. The standard InChI is InChI=1S/C24H22N2O2/c1-18(25-17-20-12-8-9-15-22(20)24(25)28)23(27)26(21-13-6-3-7-14-21)16-19-10-4-2-5-11-19/h2-15,18H,16-17H2,1H3. The first-order valence-electron chi connectivity index (χ1n) is 9.44. The Balaban J connectivity index is 1.61. The Kier molecular flexibility index (Phi) is 4.94. The van der Waals surface area contributed by atoms with Crippen molar-refractivity contribution in [2.75, 3.05) is 4.90 Å². The Labute approximate surface area is 165 Å². The van der Waals surface area contributed by atoms with Gasteiger partial charge < -0.3 is 9.80 Å². The maximum absolute atomic E-state index is 13.5. The van der Waals surface area contributed by atoms with Gasteiger partial charge in [-0.15, -0.1) is 0 Å². The largest absolute Gasteiger partial charge is 0.323 e. The summed E-state index contributed by atoms with van der Waals surface area (Å²) in [6.07, 6.45) is 0. The van der Waals surface area contributed by atoms with Gasteiger partial charge in [-0.1, -0.05) is 66.7 Å². The summed E-state index contributed by atoms with van der Waals surface area (Å²) in [5.41, 5.74) is 3.54. The molecule has 1 heterocycles. The smallest absolute Gasteiger partial charge is 0.255 e. The van der Waals surface area contributed by atoms with Crippen molar-refractivity contribution in [1.82, 2.24) is 4.90 Å². The van der Waals surface area contributed by atoms with Crippen molar-refractivity contribution in [2.24, 2.45) is 0 Å². The maximum atomic E-state index is 13.5. The van der Waals surface area contributed by atoms with Crippen LogP contribution in [0.5, 0.6) is 0 Å². The molecule has 4 nitrogen and oxygen atoms in total. The van der Waals surface area contributed by atoms with E-state index in [0.29, 0.717) is 18.7 Å². The van der Waals surface area contributed by atoms with Crippen LogP contribution in [-0.4, -0.2) is 22.8 Å². The van der Waals surface area contributed by atoms with Crippen LogP contribution in [0.2, 0.25) is 0 Å². The molecule has 0 saturated carbocycles. The van der Waals surface area contributed by atoms with E-state index in [-0.39, 0.29) is 11.8 Å². The number of hydrogen-bond donors (Lipinski definition) is 0. The molecule has 0 fully saturated rings. The molecule has 2 amide bonds. The van der Waals surface area contributed by atoms with E-state index in [2.05, 4.69) is 0 Å². The van der Waals surface area contributed by atoms with Crippen molar-refractivity contribution in [2.45, 2.75) is 26.1 Å². The van der Waals surface area contributed by atoms with Gasteiger partial charge in [0.15, 0.2) is 0 Å². The molecule has 0 spiro atoms. The topological polar surface area (TPSA) is 40.6 Å². The zero-order chi connectivity index (χ0) is 19.5. The van der Waals surface area contributed by atoms with Crippen molar-refractivity contribution >= 4 is 17.5 Å². The van der Waals surface area contributed by atoms with E-state index in [4.69, 9.17) is 0 Å². The summed E-state index contributed by atoms with van der Waals surface area (Å²) in [5, 5.41) is 0. The van der Waals surface area contributed by atoms with Crippen LogP contribution < -0.4 is 4.90 Å². The monoisotopic (exact) mass is 370 g/mol. The van der Waals surface area contributed by atoms with Gasteiger partial charge in [0.2, 0.25) is 5.91 Å². The number of carbonyl (C=O) groups is 2. The number of para-hydroxylation sites is 1. The third kappa shape index (κ3) is 3.41. The fourth-order valence-electron chi connectivity index (χ4n) is 3.62. The number of hydrogen-bond acceptors (Lipinski definition) is 2. The Morgan fingerprint density at radius 3 is 2.21 bits per heavy atom. The molecule has 0 aliphatic carbocycles. The minimum Gasteiger partial charge on any atom is -0.323 e. The van der Waals surface area contributed by atoms with Crippen LogP contribution in [0, 0.1) is 0 Å². The number of nitrogens with zero attached hydrogens (tertiary/aromatic N) is 2. The molecule has 1 aliphatic heterocycles. The normalized spacial score (nSPS) is 13.9. The van der Waals surface area contributed by atoms with Crippen molar-refractivity contribution in [1.29, 1.82) is 0 Å². The van der Waals surface area contributed by atoms with E-state index in [1.165, 1.54) is 0 Å². The molecule has 0 radical (unpaired) electrons. The Bertz CT molecular complexity index is 986. The van der Waals surface area contributed by atoms with Crippen molar-refractivity contribution in [3.63, 3.8) is 0 Å². The molecule has 3 aromatic rings. The highest BCUT2D eigenvalue weighted by Crippen LogP contribution is 2.26. The van der Waals surface area contributed by atoms with E-state index >= 15 is 0 Å². The van der Waals surface area contributed by atoms with Gasteiger partial charge in [0, 0.05) is 17.8 Å². The lowest BCUT2D eigenvalue weighted by Gasteiger charge is -2.30. The first-order chi connectivity index (χ1) is 13.6. The molecule has 140 valence electrons. The predicted molar refractivity (Wildman–Crippen MR) is 110 cm³/mol. The number of fused-ring (bicyclic) bond motifs is 1. The van der Waals surface area contributed by atoms with Crippen LogP contribution in [0.3, 0.4) is 0 Å². The summed E-state index contributed by atoms with van der Waals surface area (Å²) in [6, 6.07) is 26.5. The fourth-order valence-corrected chi connectivity index (χ4v) is 3.62. The van der Waals surface area contributed by atoms with Gasteiger partial charge in [-0.05, 0) is 36.2 Å². The minimum absolute atomic E-state index is 0.0795. The molecule has 1 atom stereocenters. The Morgan fingerprint density at radius 2 is 1.54 bits per heavy atom. The SMILES string of the molecule is CC(C(=O)N(Cc1ccccc1)c1ccccc1)N1Cc2ccccc2C1=O. The zero-order valence-corrected chi connectivity index (χ0v) is 15.8. The summed E-state index contributed by atoms with van der Waals surface area (Å²) in [4.78, 5) is 29.7. The summed E-state index contributed by atoms with van der Waals surface area (Å²) >= 11 is 0. The molecule has 28 heavy (non-hydrogen) atoms. The van der Waals surface area contributed by atoms with Crippen molar-refractivity contribution < 1.29 is 9.59 Å². The molecular formula is C24H22N2O2. The van der Waals surface area contributed by atoms with Crippen LogP contribution in [0.25, 0.3) is 0 Å². The van der Waals surface area contributed by atoms with Gasteiger partial charge in [-0.25, -0.2) is 0 Å². The van der Waals surface area contributed by atoms with Crippen LogP contribution in [0.15, 0.2) is 84.9 Å². The lowest BCUT2D eigenvalue weighted by atomic mass is 10.1. The Morgan fingerprint density at radius 1 is 0.929 bits per heavy atom. The second-order valence-electron chi connectivity index (χ2n) is 7.01. The number of rotatable bonds is 5. The van der Waals surface area contributed by atoms with Crippen LogP contribution >= 0.6 is 0 Å². The summed E-state index contributed by atoms with van der Waals surface area (Å²) in [5.74, 6) is -0.166. The van der Waals surface area contributed by atoms with E-state index in [1.54, 1.807) is 9.80 Å². The second-order valence-corrected chi connectivity index (χ2v) is 7.01. The molecule has 0 bridgehead atoms. The first-order valence-corrected chi connectivity index (χ1v) is 9.44. The molecule has 1 unspecified atom stereocenters. The molecule has 0 saturated heterocycles. The highest BCUT2D eigenvalue weighted by atomic mass is 16.2. The summed E-state index contributed by atoms with van der Waals surface area (Å²) < 4.78 is 0. The quantitative estimate of drug-likeness (QED) is 0.673.